The van der Waals surface area contributed by atoms with Crippen molar-refractivity contribution < 1.29 is 52.5 Å². The fourth-order valence-electron chi connectivity index (χ4n) is 2.71. The molecule has 1 fully saturated rings. The SMILES string of the molecule is CC(=O)OCC1OC(OC(C)=O)C(NC(=O)CSC(C)=O)C(OC(C)=O)C1OC(C)=O. The summed E-state index contributed by atoms with van der Waals surface area (Å²) in [6.45, 7) is 5.29. The average Bonchev–Trinajstić information content (AvgIpc) is 2.62. The molecule has 0 bridgehead atoms. The Hall–Kier alpha value is -2.67. The minimum Gasteiger partial charge on any atom is -0.463 e. The van der Waals surface area contributed by atoms with Gasteiger partial charge in [0.2, 0.25) is 12.2 Å². The highest BCUT2D eigenvalue weighted by Crippen LogP contribution is 2.28. The molecule has 12 nitrogen and oxygen atoms in total. The first-order valence-corrected chi connectivity index (χ1v) is 10.1. The summed E-state index contributed by atoms with van der Waals surface area (Å²) in [6.07, 6.45) is -5.31. The minimum absolute atomic E-state index is 0.263. The lowest BCUT2D eigenvalue weighted by atomic mass is 9.96. The highest BCUT2D eigenvalue weighted by Gasteiger charge is 2.52. The van der Waals surface area contributed by atoms with E-state index >= 15 is 0 Å². The summed E-state index contributed by atoms with van der Waals surface area (Å²) < 4.78 is 26.2. The van der Waals surface area contributed by atoms with Crippen LogP contribution in [0.4, 0.5) is 0 Å². The molecule has 31 heavy (non-hydrogen) atoms. The Kier molecular flexibility index (Phi) is 10.4. The van der Waals surface area contributed by atoms with E-state index < -0.39 is 67.0 Å². The van der Waals surface area contributed by atoms with Gasteiger partial charge in [0.25, 0.3) is 0 Å². The zero-order valence-corrected chi connectivity index (χ0v) is 18.5. The van der Waals surface area contributed by atoms with Gasteiger partial charge in [0, 0.05) is 34.6 Å². The number of rotatable bonds is 8. The van der Waals surface area contributed by atoms with E-state index in [1.54, 1.807) is 0 Å². The molecule has 1 aliphatic rings. The summed E-state index contributed by atoms with van der Waals surface area (Å²) in [5, 5.41) is 2.18. The first-order chi connectivity index (χ1) is 14.4. The Balaban J connectivity index is 3.29. The van der Waals surface area contributed by atoms with Gasteiger partial charge in [-0.25, -0.2) is 0 Å². The number of amides is 1. The van der Waals surface area contributed by atoms with Crippen molar-refractivity contribution in [1.82, 2.24) is 5.32 Å². The molecule has 0 radical (unpaired) electrons. The minimum atomic E-state index is -1.47. The summed E-state index contributed by atoms with van der Waals surface area (Å²) in [5.41, 5.74) is 0. The third-order valence-electron chi connectivity index (χ3n) is 3.72. The van der Waals surface area contributed by atoms with Crippen LogP contribution in [-0.2, 0) is 52.5 Å². The van der Waals surface area contributed by atoms with E-state index in [4.69, 9.17) is 23.7 Å². The van der Waals surface area contributed by atoms with Gasteiger partial charge in [0.1, 0.15) is 18.8 Å². The van der Waals surface area contributed by atoms with E-state index in [9.17, 15) is 28.8 Å². The molecule has 1 rings (SSSR count). The summed E-state index contributed by atoms with van der Waals surface area (Å²) >= 11 is 0.731. The fraction of sp³-hybridized carbons (Fsp3) is 0.667. The zero-order valence-electron chi connectivity index (χ0n) is 17.7. The molecule has 0 spiro atoms. The van der Waals surface area contributed by atoms with Crippen LogP contribution in [0.3, 0.4) is 0 Å². The molecule has 1 saturated heterocycles. The van der Waals surface area contributed by atoms with Gasteiger partial charge in [-0.3, -0.25) is 28.8 Å². The van der Waals surface area contributed by atoms with Crippen LogP contribution in [0.2, 0.25) is 0 Å². The monoisotopic (exact) mass is 463 g/mol. The number of esters is 4. The normalized spacial score (nSPS) is 25.0. The second-order valence-electron chi connectivity index (χ2n) is 6.48. The van der Waals surface area contributed by atoms with Crippen LogP contribution < -0.4 is 5.32 Å². The van der Waals surface area contributed by atoms with E-state index in [1.165, 1.54) is 6.92 Å². The van der Waals surface area contributed by atoms with Crippen LogP contribution in [0, 0.1) is 0 Å². The Labute approximate surface area is 182 Å². The molecular formula is C18H25NO11S. The Morgan fingerprint density at radius 1 is 0.806 bits per heavy atom. The van der Waals surface area contributed by atoms with Crippen molar-refractivity contribution in [2.75, 3.05) is 12.4 Å². The third-order valence-corrected chi connectivity index (χ3v) is 4.53. The van der Waals surface area contributed by atoms with Crippen LogP contribution in [0.15, 0.2) is 0 Å². The standard InChI is InChI=1S/C18H25NO11S/c1-8(20)26-6-13-16(27-9(2)21)17(28-10(3)22)15(18(30-13)29-11(4)23)19-14(25)7-31-12(5)24/h13,15-18H,6-7H2,1-5H3,(H,19,25). The van der Waals surface area contributed by atoms with E-state index in [1.807, 2.05) is 0 Å². The van der Waals surface area contributed by atoms with Gasteiger partial charge in [0.05, 0.1) is 5.75 Å². The van der Waals surface area contributed by atoms with Gasteiger partial charge in [0.15, 0.2) is 17.3 Å². The van der Waals surface area contributed by atoms with Crippen molar-refractivity contribution in [2.24, 2.45) is 0 Å². The Morgan fingerprint density at radius 2 is 1.35 bits per heavy atom. The maximum Gasteiger partial charge on any atom is 0.305 e. The zero-order chi connectivity index (χ0) is 23.7. The van der Waals surface area contributed by atoms with Gasteiger partial charge in [-0.2, -0.15) is 0 Å². The number of hydrogen-bond acceptors (Lipinski definition) is 12. The summed E-state index contributed by atoms with van der Waals surface area (Å²) in [7, 11) is 0. The van der Waals surface area contributed by atoms with Gasteiger partial charge in [-0.05, 0) is 0 Å². The predicted octanol–water partition coefficient (Wildman–Crippen LogP) is -0.535. The third kappa shape index (κ3) is 9.34. The Morgan fingerprint density at radius 3 is 1.84 bits per heavy atom. The number of hydrogen-bond donors (Lipinski definition) is 1. The second-order valence-corrected chi connectivity index (χ2v) is 7.63. The molecule has 1 N–H and O–H groups in total. The van der Waals surface area contributed by atoms with Crippen LogP contribution in [0.25, 0.3) is 0 Å². The average molecular weight is 463 g/mol. The largest absolute Gasteiger partial charge is 0.463 e. The van der Waals surface area contributed by atoms with Crippen LogP contribution in [0.5, 0.6) is 0 Å². The number of thioether (sulfide) groups is 1. The number of carbonyl (C=O) groups is 6. The van der Waals surface area contributed by atoms with Gasteiger partial charge >= 0.3 is 23.9 Å². The number of ether oxygens (including phenoxy) is 5. The van der Waals surface area contributed by atoms with Gasteiger partial charge < -0.3 is 29.0 Å². The number of nitrogens with one attached hydrogen (secondary N) is 1. The summed E-state index contributed by atoms with van der Waals surface area (Å²) in [6, 6.07) is -1.29. The van der Waals surface area contributed by atoms with Crippen molar-refractivity contribution >= 4 is 46.7 Å². The lowest BCUT2D eigenvalue weighted by molar-refractivity contribution is -0.270. The molecular weight excluding hydrogens is 438 g/mol. The van der Waals surface area contributed by atoms with Crippen LogP contribution >= 0.6 is 11.8 Å². The Bertz CT molecular complexity index is 725. The maximum atomic E-state index is 12.3. The number of carbonyl (C=O) groups excluding carboxylic acids is 6. The first-order valence-electron chi connectivity index (χ1n) is 9.14. The highest BCUT2D eigenvalue weighted by molar-refractivity contribution is 8.14. The quantitative estimate of drug-likeness (QED) is 0.362. The van der Waals surface area contributed by atoms with Crippen molar-refractivity contribution in [3.8, 4) is 0 Å². The molecule has 0 aromatic rings. The lowest BCUT2D eigenvalue weighted by Gasteiger charge is -2.44. The first kappa shape index (κ1) is 26.4. The molecule has 174 valence electrons. The topological polar surface area (TPSA) is 161 Å². The van der Waals surface area contributed by atoms with Crippen molar-refractivity contribution in [2.45, 2.75) is 65.3 Å². The van der Waals surface area contributed by atoms with E-state index in [0.29, 0.717) is 0 Å². The molecule has 1 amide bonds. The van der Waals surface area contributed by atoms with Crippen LogP contribution in [-0.4, -0.2) is 77.9 Å². The van der Waals surface area contributed by atoms with Gasteiger partial charge in [-0.15, -0.1) is 0 Å². The van der Waals surface area contributed by atoms with Gasteiger partial charge in [-0.1, -0.05) is 11.8 Å². The predicted molar refractivity (Wildman–Crippen MR) is 103 cm³/mol. The second kappa shape index (κ2) is 12.2. The van der Waals surface area contributed by atoms with Crippen molar-refractivity contribution in [1.29, 1.82) is 0 Å². The van der Waals surface area contributed by atoms with E-state index in [0.717, 1.165) is 39.5 Å². The molecule has 1 aliphatic heterocycles. The molecule has 0 aromatic carbocycles. The van der Waals surface area contributed by atoms with E-state index in [2.05, 4.69) is 5.32 Å². The molecule has 0 saturated carbocycles. The van der Waals surface area contributed by atoms with Crippen molar-refractivity contribution in [3.05, 3.63) is 0 Å². The van der Waals surface area contributed by atoms with Crippen LogP contribution in [0.1, 0.15) is 34.6 Å². The molecule has 1 heterocycles. The molecule has 0 aliphatic carbocycles. The fourth-order valence-corrected chi connectivity index (χ4v) is 3.13. The molecule has 5 unspecified atom stereocenters. The summed E-state index contributed by atoms with van der Waals surface area (Å²) in [4.78, 5) is 69.6. The van der Waals surface area contributed by atoms with Crippen molar-refractivity contribution in [3.63, 3.8) is 0 Å². The smallest absolute Gasteiger partial charge is 0.305 e. The highest BCUT2D eigenvalue weighted by atomic mass is 32.2. The summed E-state index contributed by atoms with van der Waals surface area (Å²) in [5.74, 6) is -3.89. The maximum absolute atomic E-state index is 12.3. The molecule has 0 aromatic heterocycles. The molecule has 13 heteroatoms. The van der Waals surface area contributed by atoms with E-state index in [-0.39, 0.29) is 10.9 Å². The lowest BCUT2D eigenvalue weighted by Crippen LogP contribution is -2.67. The molecule has 5 atom stereocenters.